The fourth-order valence-corrected chi connectivity index (χ4v) is 1.73. The van der Waals surface area contributed by atoms with Crippen molar-refractivity contribution in [2.45, 2.75) is 6.42 Å². The van der Waals surface area contributed by atoms with Gasteiger partial charge in [0.1, 0.15) is 5.82 Å². The van der Waals surface area contributed by atoms with Gasteiger partial charge in [-0.2, -0.15) is 0 Å². The lowest BCUT2D eigenvalue weighted by molar-refractivity contribution is 0.395. The van der Waals surface area contributed by atoms with Gasteiger partial charge in [0, 0.05) is 25.8 Å². The summed E-state index contributed by atoms with van der Waals surface area (Å²) < 4.78 is 13.0. The first-order valence-electron chi connectivity index (χ1n) is 6.42. The normalized spacial score (nSPS) is 10.9. The average molecular weight is 253 g/mol. The van der Waals surface area contributed by atoms with Crippen LogP contribution in [0.2, 0.25) is 0 Å². The summed E-state index contributed by atoms with van der Waals surface area (Å²) in [5.41, 5.74) is 0.921. The lowest BCUT2D eigenvalue weighted by Crippen LogP contribution is -2.30. The topological polar surface area (TPSA) is 18.5 Å². The fourth-order valence-electron chi connectivity index (χ4n) is 1.73. The SMILES string of the molecule is CN(C)CCCNCCN(C)c1cccc(F)c1. The molecule has 1 aromatic rings. The number of benzene rings is 1. The molecule has 0 aromatic heterocycles. The molecule has 0 spiro atoms. The zero-order chi connectivity index (χ0) is 13.4. The number of likely N-dealkylation sites (N-methyl/N-ethyl adjacent to an activating group) is 1. The van der Waals surface area contributed by atoms with Crippen LogP contribution in [0.1, 0.15) is 6.42 Å². The van der Waals surface area contributed by atoms with Crippen molar-refractivity contribution >= 4 is 5.69 Å². The minimum atomic E-state index is -0.182. The van der Waals surface area contributed by atoms with Crippen molar-refractivity contribution < 1.29 is 4.39 Å². The molecule has 3 nitrogen and oxygen atoms in total. The van der Waals surface area contributed by atoms with E-state index >= 15 is 0 Å². The molecule has 0 bridgehead atoms. The molecule has 0 aliphatic heterocycles. The van der Waals surface area contributed by atoms with Crippen molar-refractivity contribution in [1.29, 1.82) is 0 Å². The second-order valence-corrected chi connectivity index (χ2v) is 4.81. The molecule has 0 saturated carbocycles. The molecular weight excluding hydrogens is 229 g/mol. The van der Waals surface area contributed by atoms with Crippen molar-refractivity contribution in [2.24, 2.45) is 0 Å². The predicted octanol–water partition coefficient (Wildman–Crippen LogP) is 1.80. The second kappa shape index (κ2) is 8.06. The van der Waals surface area contributed by atoms with E-state index in [9.17, 15) is 4.39 Å². The third-order valence-corrected chi connectivity index (χ3v) is 2.83. The number of rotatable bonds is 8. The Balaban J connectivity index is 2.15. The van der Waals surface area contributed by atoms with E-state index < -0.39 is 0 Å². The van der Waals surface area contributed by atoms with Gasteiger partial charge in [0.15, 0.2) is 0 Å². The maximum absolute atomic E-state index is 13.0. The van der Waals surface area contributed by atoms with Gasteiger partial charge >= 0.3 is 0 Å². The molecule has 0 saturated heterocycles. The zero-order valence-electron chi connectivity index (χ0n) is 11.6. The third kappa shape index (κ3) is 5.98. The van der Waals surface area contributed by atoms with Crippen molar-refractivity contribution in [2.75, 3.05) is 52.2 Å². The van der Waals surface area contributed by atoms with Crippen LogP contribution in [0, 0.1) is 5.82 Å². The van der Waals surface area contributed by atoms with Crippen LogP contribution < -0.4 is 10.2 Å². The maximum atomic E-state index is 13.0. The lowest BCUT2D eigenvalue weighted by atomic mass is 10.3. The summed E-state index contributed by atoms with van der Waals surface area (Å²) in [6.45, 7) is 3.92. The van der Waals surface area contributed by atoms with Gasteiger partial charge in [-0.05, 0) is 51.8 Å². The minimum Gasteiger partial charge on any atom is -0.373 e. The molecule has 0 radical (unpaired) electrons. The molecule has 0 unspecified atom stereocenters. The van der Waals surface area contributed by atoms with Gasteiger partial charge in [0.25, 0.3) is 0 Å². The number of anilines is 1. The van der Waals surface area contributed by atoms with E-state index in [0.29, 0.717) is 0 Å². The van der Waals surface area contributed by atoms with Gasteiger partial charge in [-0.15, -0.1) is 0 Å². The van der Waals surface area contributed by atoms with Crippen molar-refractivity contribution in [1.82, 2.24) is 10.2 Å². The molecule has 0 atom stereocenters. The lowest BCUT2D eigenvalue weighted by Gasteiger charge is -2.19. The smallest absolute Gasteiger partial charge is 0.125 e. The van der Waals surface area contributed by atoms with Crippen molar-refractivity contribution in [3.05, 3.63) is 30.1 Å². The van der Waals surface area contributed by atoms with Crippen LogP contribution in [0.3, 0.4) is 0 Å². The van der Waals surface area contributed by atoms with E-state index in [0.717, 1.165) is 38.3 Å². The molecule has 0 heterocycles. The van der Waals surface area contributed by atoms with Crippen molar-refractivity contribution in [3.63, 3.8) is 0 Å². The Kier molecular flexibility index (Phi) is 6.68. The molecule has 0 aliphatic rings. The maximum Gasteiger partial charge on any atom is 0.125 e. The van der Waals surface area contributed by atoms with Gasteiger partial charge in [-0.25, -0.2) is 4.39 Å². The summed E-state index contributed by atoms with van der Waals surface area (Å²) in [6, 6.07) is 6.70. The summed E-state index contributed by atoms with van der Waals surface area (Å²) in [7, 11) is 6.14. The summed E-state index contributed by atoms with van der Waals surface area (Å²) >= 11 is 0. The number of hydrogen-bond acceptors (Lipinski definition) is 3. The van der Waals surface area contributed by atoms with Crippen LogP contribution in [0.25, 0.3) is 0 Å². The van der Waals surface area contributed by atoms with Gasteiger partial charge < -0.3 is 15.1 Å². The van der Waals surface area contributed by atoms with Crippen LogP contribution in [-0.4, -0.2) is 52.2 Å². The quantitative estimate of drug-likeness (QED) is 0.713. The Bertz CT molecular complexity index is 342. The van der Waals surface area contributed by atoms with Crippen molar-refractivity contribution in [3.8, 4) is 0 Å². The molecule has 1 aromatic carbocycles. The van der Waals surface area contributed by atoms with Crippen LogP contribution >= 0.6 is 0 Å². The Morgan fingerprint density at radius 3 is 2.56 bits per heavy atom. The van der Waals surface area contributed by atoms with E-state index in [-0.39, 0.29) is 5.82 Å². The third-order valence-electron chi connectivity index (χ3n) is 2.83. The molecule has 1 rings (SSSR count). The predicted molar refractivity (Wildman–Crippen MR) is 75.7 cm³/mol. The Labute approximate surface area is 110 Å². The summed E-state index contributed by atoms with van der Waals surface area (Å²) in [5, 5.41) is 3.39. The standard InChI is InChI=1S/C14H24FN3/c1-17(2)10-5-8-16-9-11-18(3)14-7-4-6-13(15)12-14/h4,6-7,12,16H,5,8-11H2,1-3H3. The van der Waals surface area contributed by atoms with E-state index in [2.05, 4.69) is 29.2 Å². The minimum absolute atomic E-state index is 0.182. The molecule has 0 aliphatic carbocycles. The monoisotopic (exact) mass is 253 g/mol. The highest BCUT2D eigenvalue weighted by atomic mass is 19.1. The zero-order valence-corrected chi connectivity index (χ0v) is 11.6. The Morgan fingerprint density at radius 2 is 1.89 bits per heavy atom. The molecule has 0 fully saturated rings. The molecule has 18 heavy (non-hydrogen) atoms. The summed E-state index contributed by atoms with van der Waals surface area (Å²) in [6.07, 6.45) is 1.15. The fraction of sp³-hybridized carbons (Fsp3) is 0.571. The average Bonchev–Trinajstić information content (AvgIpc) is 2.33. The van der Waals surface area contributed by atoms with E-state index in [1.807, 2.05) is 13.1 Å². The van der Waals surface area contributed by atoms with Gasteiger partial charge in [0.05, 0.1) is 0 Å². The van der Waals surface area contributed by atoms with Gasteiger partial charge in [0.2, 0.25) is 0 Å². The number of nitrogens with one attached hydrogen (secondary N) is 1. The Morgan fingerprint density at radius 1 is 1.11 bits per heavy atom. The molecule has 0 amide bonds. The number of halogens is 1. The first-order chi connectivity index (χ1) is 8.59. The highest BCUT2D eigenvalue weighted by Crippen LogP contribution is 2.12. The number of hydrogen-bond donors (Lipinski definition) is 1. The van der Waals surface area contributed by atoms with E-state index in [4.69, 9.17) is 0 Å². The molecule has 102 valence electrons. The first kappa shape index (κ1) is 14.9. The Hall–Kier alpha value is -1.13. The first-order valence-corrected chi connectivity index (χ1v) is 6.42. The largest absolute Gasteiger partial charge is 0.373 e. The molecular formula is C14H24FN3. The second-order valence-electron chi connectivity index (χ2n) is 4.81. The molecule has 4 heteroatoms. The van der Waals surface area contributed by atoms with Crippen LogP contribution in [0.15, 0.2) is 24.3 Å². The highest BCUT2D eigenvalue weighted by Gasteiger charge is 2.01. The van der Waals surface area contributed by atoms with Crippen LogP contribution in [-0.2, 0) is 0 Å². The van der Waals surface area contributed by atoms with Gasteiger partial charge in [-0.3, -0.25) is 0 Å². The van der Waals surface area contributed by atoms with Crippen LogP contribution in [0.5, 0.6) is 0 Å². The highest BCUT2D eigenvalue weighted by molar-refractivity contribution is 5.45. The van der Waals surface area contributed by atoms with Gasteiger partial charge in [-0.1, -0.05) is 6.07 Å². The van der Waals surface area contributed by atoms with Crippen LogP contribution in [0.4, 0.5) is 10.1 Å². The van der Waals surface area contributed by atoms with E-state index in [1.165, 1.54) is 6.07 Å². The van der Waals surface area contributed by atoms with E-state index in [1.54, 1.807) is 12.1 Å². The number of nitrogens with zero attached hydrogens (tertiary/aromatic N) is 2. The molecule has 1 N–H and O–H groups in total. The summed E-state index contributed by atoms with van der Waals surface area (Å²) in [4.78, 5) is 4.24. The summed E-state index contributed by atoms with van der Waals surface area (Å²) in [5.74, 6) is -0.182.